The summed E-state index contributed by atoms with van der Waals surface area (Å²) in [5, 5.41) is 14.9. The van der Waals surface area contributed by atoms with Gasteiger partial charge in [-0.15, -0.1) is 5.10 Å². The lowest BCUT2D eigenvalue weighted by Crippen LogP contribution is -2.45. The van der Waals surface area contributed by atoms with Crippen LogP contribution in [0.1, 0.15) is 60.7 Å². The number of nitrogens with two attached hydrogens (primary N) is 1. The first kappa shape index (κ1) is 16.4. The van der Waals surface area contributed by atoms with Crippen LogP contribution in [0.3, 0.4) is 0 Å². The second-order valence-electron chi connectivity index (χ2n) is 6.81. The van der Waals surface area contributed by atoms with Crippen molar-refractivity contribution in [2.24, 2.45) is 11.7 Å². The van der Waals surface area contributed by atoms with E-state index in [0.29, 0.717) is 24.2 Å². The van der Waals surface area contributed by atoms with Gasteiger partial charge in [0.05, 0.1) is 11.7 Å². The Kier molecular flexibility index (Phi) is 5.27. The van der Waals surface area contributed by atoms with Crippen molar-refractivity contribution in [1.82, 2.24) is 25.6 Å². The third kappa shape index (κ3) is 3.55. The van der Waals surface area contributed by atoms with Gasteiger partial charge < -0.3 is 16.4 Å². The van der Waals surface area contributed by atoms with E-state index in [-0.39, 0.29) is 11.9 Å². The maximum atomic E-state index is 12.6. The first-order valence-corrected chi connectivity index (χ1v) is 8.84. The highest BCUT2D eigenvalue weighted by molar-refractivity contribution is 5.93. The van der Waals surface area contributed by atoms with Crippen molar-refractivity contribution in [3.63, 3.8) is 0 Å². The van der Waals surface area contributed by atoms with Crippen LogP contribution in [0.15, 0.2) is 0 Å². The fraction of sp³-hybridized carbons (Fsp3) is 0.812. The standard InChI is InChI=1S/C16H28N6O/c1-11-15(20-21-22(11)13-6-8-18-9-7-13)16(23)19-14-5-3-2-4-12(14)10-17/h12-14,18H,2-10,17H2,1H3,(H,19,23)/t12-,14+/m0/s1. The van der Waals surface area contributed by atoms with E-state index in [1.165, 1.54) is 6.42 Å². The highest BCUT2D eigenvalue weighted by atomic mass is 16.2. The molecule has 3 rings (SSSR count). The SMILES string of the molecule is Cc1c(C(=O)N[C@@H]2CCCC[C@H]2CN)nnn1C1CCNCC1. The number of nitrogens with one attached hydrogen (secondary N) is 2. The number of rotatable bonds is 4. The van der Waals surface area contributed by atoms with Crippen LogP contribution in [0, 0.1) is 12.8 Å². The fourth-order valence-electron chi connectivity index (χ4n) is 3.87. The van der Waals surface area contributed by atoms with Crippen LogP contribution in [0.5, 0.6) is 0 Å². The number of hydrogen-bond donors (Lipinski definition) is 3. The Morgan fingerprint density at radius 2 is 2.04 bits per heavy atom. The monoisotopic (exact) mass is 320 g/mol. The van der Waals surface area contributed by atoms with Gasteiger partial charge in [-0.05, 0) is 58.2 Å². The number of piperidine rings is 1. The third-order valence-corrected chi connectivity index (χ3v) is 5.33. The number of hydrogen-bond acceptors (Lipinski definition) is 5. The van der Waals surface area contributed by atoms with E-state index in [4.69, 9.17) is 5.73 Å². The normalized spacial score (nSPS) is 26.2. The third-order valence-electron chi connectivity index (χ3n) is 5.33. The number of nitrogens with zero attached hydrogens (tertiary/aromatic N) is 3. The average molecular weight is 320 g/mol. The van der Waals surface area contributed by atoms with Gasteiger partial charge in [0.15, 0.2) is 5.69 Å². The maximum absolute atomic E-state index is 12.6. The summed E-state index contributed by atoms with van der Waals surface area (Å²) in [5.74, 6) is 0.278. The van der Waals surface area contributed by atoms with E-state index in [1.54, 1.807) is 0 Å². The van der Waals surface area contributed by atoms with Crippen molar-refractivity contribution in [2.75, 3.05) is 19.6 Å². The van der Waals surface area contributed by atoms with Crippen LogP contribution in [0.25, 0.3) is 0 Å². The fourth-order valence-corrected chi connectivity index (χ4v) is 3.87. The molecule has 0 radical (unpaired) electrons. The molecule has 2 atom stereocenters. The van der Waals surface area contributed by atoms with E-state index in [1.807, 2.05) is 11.6 Å². The van der Waals surface area contributed by atoms with Crippen LogP contribution >= 0.6 is 0 Å². The van der Waals surface area contributed by atoms with Gasteiger partial charge in [0.25, 0.3) is 5.91 Å². The van der Waals surface area contributed by atoms with E-state index in [0.717, 1.165) is 50.9 Å². The van der Waals surface area contributed by atoms with Crippen LogP contribution in [-0.2, 0) is 0 Å². The highest BCUT2D eigenvalue weighted by Gasteiger charge is 2.28. The topological polar surface area (TPSA) is 97.9 Å². The molecular formula is C16H28N6O. The van der Waals surface area contributed by atoms with E-state index < -0.39 is 0 Å². The molecule has 0 unspecified atom stereocenters. The molecular weight excluding hydrogens is 292 g/mol. The number of amides is 1. The molecule has 1 aliphatic heterocycles. The summed E-state index contributed by atoms with van der Waals surface area (Å²) in [7, 11) is 0. The summed E-state index contributed by atoms with van der Waals surface area (Å²) >= 11 is 0. The lowest BCUT2D eigenvalue weighted by atomic mass is 9.84. The van der Waals surface area contributed by atoms with Crippen LogP contribution in [0.4, 0.5) is 0 Å². The molecule has 1 amide bonds. The smallest absolute Gasteiger partial charge is 0.273 e. The van der Waals surface area contributed by atoms with Gasteiger partial charge in [0.1, 0.15) is 0 Å². The molecule has 2 heterocycles. The van der Waals surface area contributed by atoms with Crippen molar-refractivity contribution < 1.29 is 4.79 Å². The van der Waals surface area contributed by atoms with Gasteiger partial charge in [-0.3, -0.25) is 4.79 Å². The molecule has 7 heteroatoms. The Morgan fingerprint density at radius 3 is 2.78 bits per heavy atom. The zero-order valence-corrected chi connectivity index (χ0v) is 13.9. The molecule has 7 nitrogen and oxygen atoms in total. The summed E-state index contributed by atoms with van der Waals surface area (Å²) in [5.41, 5.74) is 7.18. The lowest BCUT2D eigenvalue weighted by molar-refractivity contribution is 0.0902. The van der Waals surface area contributed by atoms with Crippen molar-refractivity contribution in [2.45, 2.75) is 57.5 Å². The summed E-state index contributed by atoms with van der Waals surface area (Å²) in [6.07, 6.45) is 6.53. The second kappa shape index (κ2) is 7.40. The number of carbonyl (C=O) groups excluding carboxylic acids is 1. The zero-order chi connectivity index (χ0) is 16.2. The lowest BCUT2D eigenvalue weighted by Gasteiger charge is -2.31. The van der Waals surface area contributed by atoms with Crippen molar-refractivity contribution >= 4 is 5.91 Å². The summed E-state index contributed by atoms with van der Waals surface area (Å²) in [6.45, 7) is 4.56. The second-order valence-corrected chi connectivity index (χ2v) is 6.81. The highest BCUT2D eigenvalue weighted by Crippen LogP contribution is 2.24. The zero-order valence-electron chi connectivity index (χ0n) is 13.9. The molecule has 1 aliphatic carbocycles. The largest absolute Gasteiger partial charge is 0.348 e. The van der Waals surface area contributed by atoms with Crippen molar-refractivity contribution in [3.8, 4) is 0 Å². The molecule has 4 N–H and O–H groups in total. The molecule has 23 heavy (non-hydrogen) atoms. The predicted octanol–water partition coefficient (Wildman–Crippen LogP) is 0.758. The minimum absolute atomic E-state index is 0.104. The Labute approximate surface area is 137 Å². The summed E-state index contributed by atoms with van der Waals surface area (Å²) < 4.78 is 1.93. The van der Waals surface area contributed by atoms with Gasteiger partial charge in [-0.1, -0.05) is 18.1 Å². The van der Waals surface area contributed by atoms with Gasteiger partial charge in [0, 0.05) is 6.04 Å². The first-order valence-electron chi connectivity index (χ1n) is 8.84. The Balaban J connectivity index is 1.68. The maximum Gasteiger partial charge on any atom is 0.273 e. The quantitative estimate of drug-likeness (QED) is 0.761. The van der Waals surface area contributed by atoms with Gasteiger partial charge in [-0.25, -0.2) is 4.68 Å². The Hall–Kier alpha value is -1.47. The van der Waals surface area contributed by atoms with E-state index in [2.05, 4.69) is 20.9 Å². The number of aromatic nitrogens is 3. The van der Waals surface area contributed by atoms with Crippen molar-refractivity contribution in [1.29, 1.82) is 0 Å². The average Bonchev–Trinajstić information content (AvgIpc) is 2.98. The molecule has 0 spiro atoms. The predicted molar refractivity (Wildman–Crippen MR) is 88.2 cm³/mol. The van der Waals surface area contributed by atoms with Crippen LogP contribution in [-0.4, -0.2) is 46.6 Å². The Morgan fingerprint density at radius 1 is 1.30 bits per heavy atom. The Bertz CT molecular complexity index is 537. The van der Waals surface area contributed by atoms with Gasteiger partial charge >= 0.3 is 0 Å². The molecule has 2 fully saturated rings. The number of carbonyl (C=O) groups is 1. The molecule has 128 valence electrons. The van der Waals surface area contributed by atoms with Gasteiger partial charge in [0.2, 0.25) is 0 Å². The minimum atomic E-state index is -0.104. The molecule has 1 aromatic rings. The molecule has 1 aromatic heterocycles. The van der Waals surface area contributed by atoms with Crippen LogP contribution < -0.4 is 16.4 Å². The summed E-state index contributed by atoms with van der Waals surface area (Å²) in [4.78, 5) is 12.6. The summed E-state index contributed by atoms with van der Waals surface area (Å²) in [6, 6.07) is 0.515. The first-order chi connectivity index (χ1) is 11.2. The molecule has 2 aliphatic rings. The van der Waals surface area contributed by atoms with E-state index in [9.17, 15) is 4.79 Å². The van der Waals surface area contributed by atoms with E-state index >= 15 is 0 Å². The molecule has 1 saturated carbocycles. The molecule has 1 saturated heterocycles. The minimum Gasteiger partial charge on any atom is -0.348 e. The molecule has 0 bridgehead atoms. The molecule has 0 aromatic carbocycles. The van der Waals surface area contributed by atoms with Crippen molar-refractivity contribution in [3.05, 3.63) is 11.4 Å². The van der Waals surface area contributed by atoms with Crippen LogP contribution in [0.2, 0.25) is 0 Å². The van der Waals surface area contributed by atoms with Gasteiger partial charge in [-0.2, -0.15) is 0 Å².